The van der Waals surface area contributed by atoms with Crippen LogP contribution in [0.25, 0.3) is 0 Å². The first-order chi connectivity index (χ1) is 8.45. The second-order valence-corrected chi connectivity index (χ2v) is 3.69. The van der Waals surface area contributed by atoms with E-state index in [2.05, 4.69) is 0 Å². The summed E-state index contributed by atoms with van der Waals surface area (Å²) in [6.45, 7) is 4.19. The van der Waals surface area contributed by atoms with Gasteiger partial charge in [-0.2, -0.15) is 0 Å². The van der Waals surface area contributed by atoms with Crippen molar-refractivity contribution in [3.8, 4) is 0 Å². The van der Waals surface area contributed by atoms with Crippen molar-refractivity contribution in [1.29, 1.82) is 0 Å². The molecule has 0 saturated carbocycles. The molecule has 0 unspecified atom stereocenters. The van der Waals surface area contributed by atoms with E-state index in [0.29, 0.717) is 12.8 Å². The third-order valence-corrected chi connectivity index (χ3v) is 1.66. The minimum Gasteiger partial charge on any atom is -0.396 e. The number of hydrogen-bond acceptors (Lipinski definition) is 6. The van der Waals surface area contributed by atoms with E-state index in [4.69, 9.17) is 30.6 Å². The molecule has 0 fully saturated rings. The fourth-order valence-electron chi connectivity index (χ4n) is 0.740. The van der Waals surface area contributed by atoms with Crippen LogP contribution in [0.3, 0.4) is 0 Å². The smallest absolute Gasteiger partial charge is 0.151 e. The predicted molar refractivity (Wildman–Crippen MR) is 69.7 cm³/mol. The van der Waals surface area contributed by atoms with E-state index in [1.807, 2.05) is 13.8 Å². The quantitative estimate of drug-likeness (QED) is 0.285. The number of aliphatic hydroxyl groups is 6. The SMILES string of the molecule is CCCC(O)O.CCCC(O)O.OCCCCO. The predicted octanol–water partition coefficient (Wildman–Crippen LogP) is -0.0544. The zero-order valence-electron chi connectivity index (χ0n) is 11.5. The number of unbranched alkanes of at least 4 members (excludes halogenated alkanes) is 1. The summed E-state index contributed by atoms with van der Waals surface area (Å²) in [5.41, 5.74) is 0. The van der Waals surface area contributed by atoms with Gasteiger partial charge in [0.2, 0.25) is 0 Å². The molecule has 0 heterocycles. The number of rotatable bonds is 7. The minimum absolute atomic E-state index is 0.195. The monoisotopic (exact) mass is 270 g/mol. The minimum atomic E-state index is -1.10. The Labute approximate surface area is 110 Å². The normalized spacial score (nSPS) is 9.67. The molecule has 0 aromatic carbocycles. The summed E-state index contributed by atoms with van der Waals surface area (Å²) in [5.74, 6) is 0. The van der Waals surface area contributed by atoms with Crippen molar-refractivity contribution >= 4 is 0 Å². The lowest BCUT2D eigenvalue weighted by Gasteiger charge is -1.94. The van der Waals surface area contributed by atoms with Crippen molar-refractivity contribution in [2.75, 3.05) is 13.2 Å². The molecule has 6 N–H and O–H groups in total. The van der Waals surface area contributed by atoms with Crippen molar-refractivity contribution in [1.82, 2.24) is 0 Å². The lowest BCUT2D eigenvalue weighted by Crippen LogP contribution is -2.01. The molecule has 18 heavy (non-hydrogen) atoms. The van der Waals surface area contributed by atoms with Crippen molar-refractivity contribution in [3.63, 3.8) is 0 Å². The van der Waals surface area contributed by atoms with Gasteiger partial charge in [0, 0.05) is 13.2 Å². The molecule has 0 aliphatic carbocycles. The largest absolute Gasteiger partial charge is 0.396 e. The van der Waals surface area contributed by atoms with E-state index >= 15 is 0 Å². The van der Waals surface area contributed by atoms with Gasteiger partial charge in [0.05, 0.1) is 0 Å². The van der Waals surface area contributed by atoms with E-state index in [1.165, 1.54) is 0 Å². The molecule has 0 bridgehead atoms. The van der Waals surface area contributed by atoms with E-state index in [1.54, 1.807) is 0 Å². The van der Waals surface area contributed by atoms with Gasteiger partial charge in [-0.05, 0) is 25.7 Å². The molecule has 0 aliphatic heterocycles. The van der Waals surface area contributed by atoms with Gasteiger partial charge in [-0.3, -0.25) is 0 Å². The van der Waals surface area contributed by atoms with E-state index in [9.17, 15) is 0 Å². The van der Waals surface area contributed by atoms with Crippen molar-refractivity contribution in [2.24, 2.45) is 0 Å². The molecule has 0 aromatic heterocycles. The highest BCUT2D eigenvalue weighted by Gasteiger charge is 1.89. The van der Waals surface area contributed by atoms with Crippen molar-refractivity contribution < 1.29 is 30.6 Å². The average molecular weight is 270 g/mol. The molecule has 0 aliphatic rings. The zero-order valence-corrected chi connectivity index (χ0v) is 11.5. The molecule has 0 rings (SSSR count). The van der Waals surface area contributed by atoms with E-state index in [0.717, 1.165) is 25.7 Å². The Kier molecular flexibility index (Phi) is 28.0. The molecule has 6 heteroatoms. The molecule has 114 valence electrons. The molecule has 0 atom stereocenters. The first-order valence-corrected chi connectivity index (χ1v) is 6.40. The molecule has 0 radical (unpaired) electrons. The van der Waals surface area contributed by atoms with Gasteiger partial charge >= 0.3 is 0 Å². The van der Waals surface area contributed by atoms with Crippen LogP contribution in [0.2, 0.25) is 0 Å². The summed E-state index contributed by atoms with van der Waals surface area (Å²) in [6, 6.07) is 0. The Hall–Kier alpha value is -0.240. The Morgan fingerprint density at radius 3 is 1.00 bits per heavy atom. The zero-order chi connectivity index (χ0) is 14.8. The summed E-state index contributed by atoms with van der Waals surface area (Å²) in [7, 11) is 0. The second kappa shape index (κ2) is 22.0. The highest BCUT2D eigenvalue weighted by Crippen LogP contribution is 1.88. The maximum absolute atomic E-state index is 8.11. The third kappa shape index (κ3) is 44.7. The van der Waals surface area contributed by atoms with Crippen molar-refractivity contribution in [3.05, 3.63) is 0 Å². The lowest BCUT2D eigenvalue weighted by atomic mass is 10.3. The standard InChI is InChI=1S/3C4H10O2/c2*1-2-3-4(5)6;5-3-1-2-4-6/h2*4-6H,2-3H2,1H3;5-6H,1-4H2. The van der Waals surface area contributed by atoms with Crippen LogP contribution in [0, 0.1) is 0 Å². The summed E-state index contributed by atoms with van der Waals surface area (Å²) >= 11 is 0. The fourth-order valence-corrected chi connectivity index (χ4v) is 0.740. The van der Waals surface area contributed by atoms with E-state index in [-0.39, 0.29) is 13.2 Å². The van der Waals surface area contributed by atoms with Crippen LogP contribution in [-0.4, -0.2) is 56.4 Å². The third-order valence-electron chi connectivity index (χ3n) is 1.66. The van der Waals surface area contributed by atoms with E-state index < -0.39 is 12.6 Å². The van der Waals surface area contributed by atoms with Crippen LogP contribution < -0.4 is 0 Å². The Morgan fingerprint density at radius 2 is 0.944 bits per heavy atom. The van der Waals surface area contributed by atoms with Crippen LogP contribution in [0.1, 0.15) is 52.4 Å². The molecule has 6 nitrogen and oxygen atoms in total. The van der Waals surface area contributed by atoms with Gasteiger partial charge in [0.1, 0.15) is 0 Å². The highest BCUT2D eigenvalue weighted by atomic mass is 16.5. The summed E-state index contributed by atoms with van der Waals surface area (Å²) in [6.07, 6.45) is 1.87. The maximum atomic E-state index is 8.11. The molecule has 0 saturated heterocycles. The van der Waals surface area contributed by atoms with Gasteiger partial charge < -0.3 is 30.6 Å². The number of aliphatic hydroxyl groups excluding tert-OH is 4. The topological polar surface area (TPSA) is 121 Å². The van der Waals surface area contributed by atoms with Crippen LogP contribution >= 0.6 is 0 Å². The van der Waals surface area contributed by atoms with Crippen LogP contribution in [-0.2, 0) is 0 Å². The van der Waals surface area contributed by atoms with Gasteiger partial charge in [-0.15, -0.1) is 0 Å². The Balaban J connectivity index is -0.000000187. The summed E-state index contributed by atoms with van der Waals surface area (Å²) < 4.78 is 0. The van der Waals surface area contributed by atoms with Gasteiger partial charge in [0.15, 0.2) is 12.6 Å². The first kappa shape index (κ1) is 22.9. The fraction of sp³-hybridized carbons (Fsp3) is 1.00. The molecular weight excluding hydrogens is 240 g/mol. The molecule has 0 amide bonds. The first-order valence-electron chi connectivity index (χ1n) is 6.40. The van der Waals surface area contributed by atoms with Gasteiger partial charge in [-0.1, -0.05) is 26.7 Å². The van der Waals surface area contributed by atoms with Crippen LogP contribution in [0.15, 0.2) is 0 Å². The Morgan fingerprint density at radius 1 is 0.667 bits per heavy atom. The summed E-state index contributed by atoms with van der Waals surface area (Å²) in [4.78, 5) is 0. The summed E-state index contributed by atoms with van der Waals surface area (Å²) in [5, 5.41) is 48.6. The second-order valence-electron chi connectivity index (χ2n) is 3.69. The van der Waals surface area contributed by atoms with Crippen LogP contribution in [0.5, 0.6) is 0 Å². The van der Waals surface area contributed by atoms with Gasteiger partial charge in [-0.25, -0.2) is 0 Å². The highest BCUT2D eigenvalue weighted by molar-refractivity contribution is 4.32. The maximum Gasteiger partial charge on any atom is 0.151 e. The van der Waals surface area contributed by atoms with Gasteiger partial charge in [0.25, 0.3) is 0 Å². The molecule has 0 aromatic rings. The average Bonchev–Trinajstić information content (AvgIpc) is 2.27. The van der Waals surface area contributed by atoms with Crippen molar-refractivity contribution in [2.45, 2.75) is 65.0 Å². The Bertz CT molecular complexity index is 105. The molecule has 0 spiro atoms. The van der Waals surface area contributed by atoms with Crippen LogP contribution in [0.4, 0.5) is 0 Å². The lowest BCUT2D eigenvalue weighted by molar-refractivity contribution is -0.0460. The molecular formula is C12H30O6. The number of hydrogen-bond donors (Lipinski definition) is 6.